The van der Waals surface area contributed by atoms with E-state index in [0.717, 1.165) is 17.5 Å². The van der Waals surface area contributed by atoms with Crippen LogP contribution < -0.4 is 0 Å². The van der Waals surface area contributed by atoms with Crippen molar-refractivity contribution in [3.8, 4) is 0 Å². The van der Waals surface area contributed by atoms with Gasteiger partial charge in [0.05, 0.1) is 0 Å². The molecule has 36 heavy (non-hydrogen) atoms. The minimum atomic E-state index is -5.77. The van der Waals surface area contributed by atoms with Gasteiger partial charge in [0.2, 0.25) is 0 Å². The van der Waals surface area contributed by atoms with E-state index < -0.39 is 38.8 Å². The van der Waals surface area contributed by atoms with Crippen molar-refractivity contribution < 1.29 is 31.3 Å². The molecule has 5 nitrogen and oxygen atoms in total. The smallest absolute Gasteiger partial charge is 0.402 e. The number of hydrogen-bond donors (Lipinski definition) is 1. The molecule has 0 aromatic heterocycles. The second kappa shape index (κ2) is 10.9. The molecule has 3 rings (SSSR count). The Morgan fingerprint density at radius 3 is 1.64 bits per heavy atom. The van der Waals surface area contributed by atoms with Crippen molar-refractivity contribution in [2.75, 3.05) is 6.61 Å². The van der Waals surface area contributed by atoms with E-state index in [1.165, 1.54) is 0 Å². The lowest BCUT2D eigenvalue weighted by Gasteiger charge is -2.48. The van der Waals surface area contributed by atoms with E-state index in [4.69, 9.17) is 9.29 Å². The van der Waals surface area contributed by atoms with Gasteiger partial charge < -0.3 is 4.74 Å². The molecule has 0 saturated heterocycles. The van der Waals surface area contributed by atoms with Crippen molar-refractivity contribution in [1.82, 2.24) is 0 Å². The van der Waals surface area contributed by atoms with Gasteiger partial charge in [-0.2, -0.15) is 17.2 Å². The maximum Gasteiger partial charge on any atom is 0.402 e. The molecular weight excluding hydrogens is 486 g/mol. The molecule has 0 heterocycles. The number of esters is 1. The zero-order chi connectivity index (χ0) is 26.5. The van der Waals surface area contributed by atoms with Crippen LogP contribution in [0.15, 0.2) is 91.0 Å². The minimum Gasteiger partial charge on any atom is -0.457 e. The van der Waals surface area contributed by atoms with Crippen LogP contribution in [0.25, 0.3) is 0 Å². The Labute approximate surface area is 210 Å². The molecule has 0 saturated carbocycles. The van der Waals surface area contributed by atoms with Gasteiger partial charge in [-0.15, -0.1) is 0 Å². The van der Waals surface area contributed by atoms with Crippen LogP contribution in [-0.2, 0) is 30.5 Å². The molecule has 1 N–H and O–H groups in total. The van der Waals surface area contributed by atoms with Crippen LogP contribution in [0.1, 0.15) is 49.8 Å². The van der Waals surface area contributed by atoms with E-state index >= 15 is 0 Å². The molecule has 8 heteroatoms. The van der Waals surface area contributed by atoms with Crippen LogP contribution in [0, 0.1) is 0 Å². The van der Waals surface area contributed by atoms with Gasteiger partial charge in [-0.3, -0.25) is 9.35 Å². The Kier molecular flexibility index (Phi) is 8.31. The average Bonchev–Trinajstić information content (AvgIpc) is 2.88. The molecule has 3 aromatic rings. The number of benzene rings is 3. The topological polar surface area (TPSA) is 80.7 Å². The molecule has 192 valence electrons. The maximum atomic E-state index is 14.1. The molecule has 0 aliphatic heterocycles. The third-order valence-electron chi connectivity index (χ3n) is 6.80. The molecule has 0 fully saturated rings. The van der Waals surface area contributed by atoms with Gasteiger partial charge in [0.1, 0.15) is 5.41 Å². The standard InChI is InChI=1S/C28H30F2O5S/c1-3-4-20-27(23-16-10-6-11-17-23,24-18-12-7-13-19-24)26(2,22-14-8-5-9-15-22)25(31)35-21-28(29,30)36(32,33)34/h5-19H,3-4,20-21H2,1-2H3,(H,32,33,34). The Balaban J connectivity index is 2.32. The van der Waals surface area contributed by atoms with Crippen molar-refractivity contribution in [3.63, 3.8) is 0 Å². The molecule has 3 aromatic carbocycles. The van der Waals surface area contributed by atoms with E-state index in [-0.39, 0.29) is 0 Å². The van der Waals surface area contributed by atoms with E-state index in [9.17, 15) is 22.0 Å². The first-order chi connectivity index (χ1) is 17.0. The number of rotatable bonds is 11. The Morgan fingerprint density at radius 1 is 0.833 bits per heavy atom. The summed E-state index contributed by atoms with van der Waals surface area (Å²) < 4.78 is 64.6. The normalized spacial score (nSPS) is 14.1. The highest BCUT2D eigenvalue weighted by Gasteiger charge is 2.57. The van der Waals surface area contributed by atoms with Gasteiger partial charge in [-0.05, 0) is 30.0 Å². The lowest BCUT2D eigenvalue weighted by molar-refractivity contribution is -0.159. The fraction of sp³-hybridized carbons (Fsp3) is 0.321. The molecule has 0 spiro atoms. The summed E-state index contributed by atoms with van der Waals surface area (Å²) in [4.78, 5) is 14.0. The second-order valence-corrected chi connectivity index (χ2v) is 10.5. The SMILES string of the molecule is CCCCC(c1ccccc1)(c1ccccc1)C(C)(C(=O)OCC(F)(F)S(=O)(=O)O)c1ccccc1. The zero-order valence-corrected chi connectivity index (χ0v) is 21.0. The molecule has 0 amide bonds. The lowest BCUT2D eigenvalue weighted by atomic mass is 9.53. The van der Waals surface area contributed by atoms with Gasteiger partial charge in [-0.25, -0.2) is 0 Å². The molecule has 0 radical (unpaired) electrons. The quantitative estimate of drug-likeness (QED) is 0.244. The first-order valence-corrected chi connectivity index (χ1v) is 13.1. The number of hydrogen-bond acceptors (Lipinski definition) is 4. The number of unbranched alkanes of at least 4 members (excludes halogenated alkanes) is 1. The van der Waals surface area contributed by atoms with Crippen molar-refractivity contribution in [2.24, 2.45) is 0 Å². The van der Waals surface area contributed by atoms with Crippen LogP contribution in [0.5, 0.6) is 0 Å². The molecule has 0 aliphatic carbocycles. The highest BCUT2D eigenvalue weighted by atomic mass is 32.2. The summed E-state index contributed by atoms with van der Waals surface area (Å²) in [5.74, 6) is -1.03. The van der Waals surface area contributed by atoms with Gasteiger partial charge in [0.25, 0.3) is 0 Å². The maximum absolute atomic E-state index is 14.1. The fourth-order valence-corrected chi connectivity index (χ4v) is 5.06. The number of alkyl halides is 2. The predicted octanol–water partition coefficient (Wildman–Crippen LogP) is 6.14. The third kappa shape index (κ3) is 5.06. The van der Waals surface area contributed by atoms with E-state index in [1.807, 2.05) is 67.6 Å². The summed E-state index contributed by atoms with van der Waals surface area (Å²) >= 11 is 0. The predicted molar refractivity (Wildman–Crippen MR) is 134 cm³/mol. The molecular formula is C28H30F2O5S. The number of carbonyl (C=O) groups excluding carboxylic acids is 1. The first-order valence-electron chi connectivity index (χ1n) is 11.7. The largest absolute Gasteiger partial charge is 0.457 e. The van der Waals surface area contributed by atoms with Crippen LogP contribution >= 0.6 is 0 Å². The van der Waals surface area contributed by atoms with E-state index in [2.05, 4.69) is 0 Å². The number of ether oxygens (including phenoxy) is 1. The Hall–Kier alpha value is -3.10. The van der Waals surface area contributed by atoms with Gasteiger partial charge in [0, 0.05) is 5.41 Å². The highest BCUT2D eigenvalue weighted by molar-refractivity contribution is 7.86. The molecule has 1 atom stereocenters. The molecule has 0 bridgehead atoms. The third-order valence-corrected chi connectivity index (χ3v) is 7.67. The lowest BCUT2D eigenvalue weighted by Crippen LogP contribution is -2.55. The summed E-state index contributed by atoms with van der Waals surface area (Å²) in [6, 6.07) is 27.4. The molecule has 1 unspecified atom stereocenters. The van der Waals surface area contributed by atoms with Gasteiger partial charge >= 0.3 is 21.3 Å². The summed E-state index contributed by atoms with van der Waals surface area (Å²) in [5, 5.41) is -4.65. The summed E-state index contributed by atoms with van der Waals surface area (Å²) in [7, 11) is -5.77. The number of carbonyl (C=O) groups is 1. The number of halogens is 2. The van der Waals surface area contributed by atoms with Gasteiger partial charge in [0.15, 0.2) is 6.61 Å². The Morgan fingerprint density at radius 2 is 1.25 bits per heavy atom. The zero-order valence-electron chi connectivity index (χ0n) is 20.2. The van der Waals surface area contributed by atoms with Crippen LogP contribution in [0.2, 0.25) is 0 Å². The van der Waals surface area contributed by atoms with E-state index in [0.29, 0.717) is 18.4 Å². The Bertz CT molecular complexity index is 1210. The van der Waals surface area contributed by atoms with Crippen molar-refractivity contribution >= 4 is 16.1 Å². The van der Waals surface area contributed by atoms with Crippen LogP contribution in [0.3, 0.4) is 0 Å². The molecule has 0 aliphatic rings. The first kappa shape index (κ1) is 27.5. The van der Waals surface area contributed by atoms with Crippen molar-refractivity contribution in [3.05, 3.63) is 108 Å². The summed E-state index contributed by atoms with van der Waals surface area (Å²) in [5.41, 5.74) is -0.517. The summed E-state index contributed by atoms with van der Waals surface area (Å²) in [6.45, 7) is 1.86. The fourth-order valence-electron chi connectivity index (χ4n) is 4.85. The highest BCUT2D eigenvalue weighted by Crippen LogP contribution is 2.53. The monoisotopic (exact) mass is 516 g/mol. The summed E-state index contributed by atoms with van der Waals surface area (Å²) in [6.07, 6.45) is 2.00. The van der Waals surface area contributed by atoms with Gasteiger partial charge in [-0.1, -0.05) is 111 Å². The van der Waals surface area contributed by atoms with Crippen molar-refractivity contribution in [2.45, 2.75) is 49.2 Å². The second-order valence-electron chi connectivity index (χ2n) is 8.92. The van der Waals surface area contributed by atoms with Crippen LogP contribution in [-0.4, -0.2) is 30.8 Å². The van der Waals surface area contributed by atoms with Crippen LogP contribution in [0.4, 0.5) is 8.78 Å². The van der Waals surface area contributed by atoms with E-state index in [1.54, 1.807) is 37.3 Å². The minimum absolute atomic E-state index is 0.479. The van der Waals surface area contributed by atoms with Crippen molar-refractivity contribution in [1.29, 1.82) is 0 Å². The average molecular weight is 517 g/mol.